The molecule has 0 radical (unpaired) electrons. The number of carbonyl (C=O) groups is 1. The van der Waals surface area contributed by atoms with E-state index in [1.807, 2.05) is 62.0 Å². The Bertz CT molecular complexity index is 731. The molecule has 1 amide bonds. The number of nitrogens with two attached hydrogens (primary N) is 1. The molecule has 0 spiro atoms. The van der Waals surface area contributed by atoms with Gasteiger partial charge < -0.3 is 15.8 Å². The maximum absolute atomic E-state index is 12.7. The van der Waals surface area contributed by atoms with Crippen molar-refractivity contribution in [2.75, 3.05) is 11.9 Å². The van der Waals surface area contributed by atoms with Gasteiger partial charge in [-0.1, -0.05) is 26.0 Å². The monoisotopic (exact) mass is 378 g/mol. The van der Waals surface area contributed by atoms with Gasteiger partial charge in [-0.2, -0.15) is 5.10 Å². The van der Waals surface area contributed by atoms with Crippen LogP contribution in [0.15, 0.2) is 42.7 Å². The second-order valence-corrected chi connectivity index (χ2v) is 7.20. The highest BCUT2D eigenvalue weighted by Gasteiger charge is 2.62. The molecule has 0 bridgehead atoms. The fourth-order valence-electron chi connectivity index (χ4n) is 3.34. The van der Waals surface area contributed by atoms with E-state index in [2.05, 4.69) is 10.4 Å². The van der Waals surface area contributed by atoms with Gasteiger partial charge in [-0.15, -0.1) is 12.4 Å². The molecule has 2 unspecified atom stereocenters. The van der Waals surface area contributed by atoms with Crippen LogP contribution in [0.25, 0.3) is 0 Å². The predicted molar refractivity (Wildman–Crippen MR) is 104 cm³/mol. The number of aromatic nitrogens is 2. The van der Waals surface area contributed by atoms with E-state index >= 15 is 0 Å². The largest absolute Gasteiger partial charge is 0.378 e. The smallest absolute Gasteiger partial charge is 0.245 e. The van der Waals surface area contributed by atoms with Gasteiger partial charge in [-0.05, 0) is 30.7 Å². The highest BCUT2D eigenvalue weighted by Crippen LogP contribution is 2.50. The van der Waals surface area contributed by atoms with Crippen molar-refractivity contribution < 1.29 is 9.53 Å². The minimum absolute atomic E-state index is 0. The Labute approximate surface area is 160 Å². The summed E-state index contributed by atoms with van der Waals surface area (Å²) in [7, 11) is 0. The normalized spacial score (nSPS) is 23.6. The molecule has 2 aromatic rings. The second kappa shape index (κ2) is 7.78. The third-order valence-electron chi connectivity index (χ3n) is 5.35. The third kappa shape index (κ3) is 3.63. The van der Waals surface area contributed by atoms with E-state index in [0.717, 1.165) is 11.3 Å². The third-order valence-corrected chi connectivity index (χ3v) is 5.35. The van der Waals surface area contributed by atoms with Gasteiger partial charge in [0, 0.05) is 36.5 Å². The van der Waals surface area contributed by atoms with E-state index in [1.54, 1.807) is 6.20 Å². The Morgan fingerprint density at radius 1 is 1.38 bits per heavy atom. The molecular weight excluding hydrogens is 352 g/mol. The van der Waals surface area contributed by atoms with Gasteiger partial charge in [-0.25, -0.2) is 0 Å². The summed E-state index contributed by atoms with van der Waals surface area (Å²) in [6.45, 7) is 7.26. The average molecular weight is 379 g/mol. The van der Waals surface area contributed by atoms with E-state index in [4.69, 9.17) is 10.5 Å². The van der Waals surface area contributed by atoms with Gasteiger partial charge in [-0.3, -0.25) is 9.48 Å². The van der Waals surface area contributed by atoms with Gasteiger partial charge in [0.2, 0.25) is 5.91 Å². The molecule has 3 rings (SSSR count). The average Bonchev–Trinajstić information content (AvgIpc) is 3.09. The van der Waals surface area contributed by atoms with Crippen LogP contribution in [-0.4, -0.2) is 33.9 Å². The van der Waals surface area contributed by atoms with Crippen molar-refractivity contribution in [3.8, 4) is 0 Å². The van der Waals surface area contributed by atoms with Gasteiger partial charge in [0.15, 0.2) is 0 Å². The number of benzene rings is 1. The minimum Gasteiger partial charge on any atom is -0.378 e. The maximum Gasteiger partial charge on any atom is 0.245 e. The quantitative estimate of drug-likeness (QED) is 0.809. The lowest BCUT2D eigenvalue weighted by atomic mass is 9.54. The summed E-state index contributed by atoms with van der Waals surface area (Å²) in [6.07, 6.45) is 4.23. The number of amides is 1. The first kappa shape index (κ1) is 20.4. The summed E-state index contributed by atoms with van der Waals surface area (Å²) in [4.78, 5) is 12.7. The van der Waals surface area contributed by atoms with Crippen LogP contribution in [0.1, 0.15) is 32.8 Å². The Morgan fingerprint density at radius 3 is 2.62 bits per heavy atom. The Morgan fingerprint density at radius 2 is 2.08 bits per heavy atom. The molecule has 0 aliphatic heterocycles. The van der Waals surface area contributed by atoms with Crippen LogP contribution in [0.2, 0.25) is 0 Å². The SMILES string of the molecule is CCOC1CC(N)(C(=O)Nc2ccc(Cn3cccn3)cc2)C1(C)C.Cl. The summed E-state index contributed by atoms with van der Waals surface area (Å²) in [5, 5.41) is 7.14. The van der Waals surface area contributed by atoms with Crippen LogP contribution in [0.3, 0.4) is 0 Å². The lowest BCUT2D eigenvalue weighted by molar-refractivity contribution is -0.166. The molecule has 3 N–H and O–H groups in total. The van der Waals surface area contributed by atoms with Crippen molar-refractivity contribution in [1.29, 1.82) is 0 Å². The molecule has 7 heteroatoms. The van der Waals surface area contributed by atoms with Crippen LogP contribution in [0.4, 0.5) is 5.69 Å². The van der Waals surface area contributed by atoms with Crippen molar-refractivity contribution in [3.05, 3.63) is 48.3 Å². The molecule has 26 heavy (non-hydrogen) atoms. The van der Waals surface area contributed by atoms with Crippen molar-refractivity contribution >= 4 is 24.0 Å². The number of rotatable bonds is 6. The molecule has 1 aromatic carbocycles. The van der Waals surface area contributed by atoms with E-state index in [-0.39, 0.29) is 24.4 Å². The number of halogens is 1. The minimum atomic E-state index is -0.916. The standard InChI is InChI=1S/C19H26N4O2.ClH/c1-4-25-16-12-19(20,18(16,2)3)17(24)22-15-8-6-14(7-9-15)13-23-11-5-10-21-23;/h5-11,16H,4,12-13,20H2,1-3H3,(H,22,24);1H. The van der Waals surface area contributed by atoms with Gasteiger partial charge in [0.25, 0.3) is 0 Å². The number of nitrogens with zero attached hydrogens (tertiary/aromatic N) is 2. The van der Waals surface area contributed by atoms with Crippen molar-refractivity contribution in [3.63, 3.8) is 0 Å². The molecule has 1 aliphatic carbocycles. The topological polar surface area (TPSA) is 82.2 Å². The molecular formula is C19H27ClN4O2. The zero-order valence-electron chi connectivity index (χ0n) is 15.4. The first-order valence-corrected chi connectivity index (χ1v) is 8.65. The Kier molecular flexibility index (Phi) is 6.11. The predicted octanol–water partition coefficient (Wildman–Crippen LogP) is 2.82. The number of nitrogens with one attached hydrogen (secondary N) is 1. The van der Waals surface area contributed by atoms with Gasteiger partial charge in [0.1, 0.15) is 5.54 Å². The van der Waals surface area contributed by atoms with E-state index in [1.165, 1.54) is 0 Å². The summed E-state index contributed by atoms with van der Waals surface area (Å²) < 4.78 is 7.54. The molecule has 142 valence electrons. The molecule has 1 aromatic heterocycles. The van der Waals surface area contributed by atoms with Crippen LogP contribution >= 0.6 is 12.4 Å². The number of hydrogen-bond donors (Lipinski definition) is 2. The highest BCUT2D eigenvalue weighted by atomic mass is 35.5. The first-order valence-electron chi connectivity index (χ1n) is 8.65. The highest BCUT2D eigenvalue weighted by molar-refractivity contribution is 5.99. The molecule has 2 atom stereocenters. The Hall–Kier alpha value is -1.89. The van der Waals surface area contributed by atoms with Crippen LogP contribution in [0, 0.1) is 5.41 Å². The lowest BCUT2D eigenvalue weighted by Crippen LogP contribution is -2.74. The lowest BCUT2D eigenvalue weighted by Gasteiger charge is -2.57. The van der Waals surface area contributed by atoms with Crippen LogP contribution in [0.5, 0.6) is 0 Å². The number of ether oxygens (including phenoxy) is 1. The van der Waals surface area contributed by atoms with Gasteiger partial charge in [0.05, 0.1) is 12.6 Å². The van der Waals surface area contributed by atoms with Crippen molar-refractivity contribution in [2.45, 2.75) is 45.4 Å². The molecule has 0 saturated heterocycles. The Balaban J connectivity index is 0.00000243. The summed E-state index contributed by atoms with van der Waals surface area (Å²) >= 11 is 0. The van der Waals surface area contributed by atoms with Crippen molar-refractivity contribution in [1.82, 2.24) is 9.78 Å². The molecule has 1 saturated carbocycles. The fraction of sp³-hybridized carbons (Fsp3) is 0.474. The summed E-state index contributed by atoms with van der Waals surface area (Å²) in [6, 6.07) is 9.65. The molecule has 1 aliphatic rings. The van der Waals surface area contributed by atoms with E-state index in [9.17, 15) is 4.79 Å². The van der Waals surface area contributed by atoms with E-state index in [0.29, 0.717) is 19.6 Å². The van der Waals surface area contributed by atoms with E-state index < -0.39 is 11.0 Å². The summed E-state index contributed by atoms with van der Waals surface area (Å²) in [5.41, 5.74) is 6.96. The fourth-order valence-corrected chi connectivity index (χ4v) is 3.34. The number of hydrogen-bond acceptors (Lipinski definition) is 4. The van der Waals surface area contributed by atoms with Crippen LogP contribution in [-0.2, 0) is 16.1 Å². The zero-order chi connectivity index (χ0) is 18.1. The first-order chi connectivity index (χ1) is 11.9. The maximum atomic E-state index is 12.7. The van der Waals surface area contributed by atoms with Crippen LogP contribution < -0.4 is 11.1 Å². The molecule has 1 heterocycles. The number of carbonyl (C=O) groups excluding carboxylic acids is 1. The number of anilines is 1. The second-order valence-electron chi connectivity index (χ2n) is 7.20. The molecule has 1 fully saturated rings. The molecule has 6 nitrogen and oxygen atoms in total. The van der Waals surface area contributed by atoms with Crippen molar-refractivity contribution in [2.24, 2.45) is 11.1 Å². The zero-order valence-corrected chi connectivity index (χ0v) is 16.3. The summed E-state index contributed by atoms with van der Waals surface area (Å²) in [5.74, 6) is -0.159. The van der Waals surface area contributed by atoms with Gasteiger partial charge >= 0.3 is 0 Å².